The summed E-state index contributed by atoms with van der Waals surface area (Å²) < 4.78 is 31.2. The van der Waals surface area contributed by atoms with Crippen LogP contribution in [0, 0.1) is 0 Å². The van der Waals surface area contributed by atoms with E-state index >= 15 is 0 Å². The van der Waals surface area contributed by atoms with Crippen molar-refractivity contribution < 1.29 is 17.8 Å². The highest BCUT2D eigenvalue weighted by atomic mass is 32.2. The Morgan fingerprint density at radius 2 is 2.17 bits per heavy atom. The first-order valence-corrected chi connectivity index (χ1v) is 7.67. The second-order valence-corrected chi connectivity index (χ2v) is 6.41. The molecule has 0 radical (unpaired) electrons. The number of rotatable bonds is 5. The highest BCUT2D eigenvalue weighted by Crippen LogP contribution is 2.24. The standard InChI is InChI=1S/C11H11NO4S2/c13-5-1-2-11-12-9-4-3-8(6-10(9)17-11)7-18(14,15)16/h3-6H,1-2,7H2,(H,14,15,16). The molecule has 0 unspecified atom stereocenters. The number of carbonyl (C=O) groups excluding carboxylic acids is 1. The van der Waals surface area contributed by atoms with Crippen LogP contribution in [0.3, 0.4) is 0 Å². The Morgan fingerprint density at radius 1 is 1.39 bits per heavy atom. The molecular formula is C11H11NO4S2. The fourth-order valence-corrected chi connectivity index (χ4v) is 3.25. The zero-order valence-electron chi connectivity index (χ0n) is 9.37. The van der Waals surface area contributed by atoms with Crippen LogP contribution < -0.4 is 0 Å². The van der Waals surface area contributed by atoms with Crippen molar-refractivity contribution in [3.63, 3.8) is 0 Å². The highest BCUT2D eigenvalue weighted by Gasteiger charge is 2.09. The average Bonchev–Trinajstić information content (AvgIpc) is 2.66. The van der Waals surface area contributed by atoms with Gasteiger partial charge in [-0.25, -0.2) is 4.98 Å². The number of aldehydes is 1. The lowest BCUT2D eigenvalue weighted by Gasteiger charge is -1.97. The van der Waals surface area contributed by atoms with Crippen LogP contribution >= 0.6 is 11.3 Å². The molecule has 1 N–H and O–H groups in total. The van der Waals surface area contributed by atoms with Gasteiger partial charge in [-0.15, -0.1) is 11.3 Å². The van der Waals surface area contributed by atoms with Crippen molar-refractivity contribution in [3.05, 3.63) is 28.8 Å². The molecule has 0 saturated carbocycles. The summed E-state index contributed by atoms with van der Waals surface area (Å²) in [5.74, 6) is -0.398. The lowest BCUT2D eigenvalue weighted by atomic mass is 10.2. The Balaban J connectivity index is 2.30. The predicted octanol–water partition coefficient (Wildman–Crippen LogP) is 1.82. The molecule has 5 nitrogen and oxygen atoms in total. The van der Waals surface area contributed by atoms with E-state index in [9.17, 15) is 13.2 Å². The molecule has 96 valence electrons. The molecule has 1 heterocycles. The van der Waals surface area contributed by atoms with Crippen LogP contribution in [0.4, 0.5) is 0 Å². The molecule has 0 atom stereocenters. The molecule has 1 aromatic carbocycles. The summed E-state index contributed by atoms with van der Waals surface area (Å²) in [5.41, 5.74) is 1.30. The van der Waals surface area contributed by atoms with Gasteiger partial charge in [0.1, 0.15) is 12.0 Å². The van der Waals surface area contributed by atoms with Crippen molar-refractivity contribution in [2.75, 3.05) is 0 Å². The number of benzene rings is 1. The smallest absolute Gasteiger partial charge is 0.269 e. The van der Waals surface area contributed by atoms with Gasteiger partial charge in [-0.1, -0.05) is 6.07 Å². The largest absolute Gasteiger partial charge is 0.303 e. The molecule has 2 aromatic rings. The summed E-state index contributed by atoms with van der Waals surface area (Å²) in [5, 5.41) is 0.848. The van der Waals surface area contributed by atoms with Crippen molar-refractivity contribution in [2.45, 2.75) is 18.6 Å². The van der Waals surface area contributed by atoms with E-state index in [1.54, 1.807) is 18.2 Å². The number of hydrogen-bond acceptors (Lipinski definition) is 5. The lowest BCUT2D eigenvalue weighted by molar-refractivity contribution is -0.107. The van der Waals surface area contributed by atoms with Gasteiger partial charge in [0.05, 0.1) is 15.2 Å². The predicted molar refractivity (Wildman–Crippen MR) is 69.3 cm³/mol. The molecule has 0 spiro atoms. The summed E-state index contributed by atoms with van der Waals surface area (Å²) >= 11 is 1.43. The molecule has 18 heavy (non-hydrogen) atoms. The minimum absolute atomic E-state index is 0.398. The van der Waals surface area contributed by atoms with Crippen molar-refractivity contribution >= 4 is 38.0 Å². The topological polar surface area (TPSA) is 84.3 Å². The number of aryl methyl sites for hydroxylation is 1. The normalized spacial score (nSPS) is 11.8. The second kappa shape index (κ2) is 5.13. The van der Waals surface area contributed by atoms with E-state index in [0.717, 1.165) is 21.5 Å². The Morgan fingerprint density at radius 3 is 2.83 bits per heavy atom. The number of thiazole rings is 1. The molecule has 0 saturated heterocycles. The number of aromatic nitrogens is 1. The summed E-state index contributed by atoms with van der Waals surface area (Å²) in [4.78, 5) is 14.6. The van der Waals surface area contributed by atoms with Gasteiger partial charge in [0, 0.05) is 12.8 Å². The molecular weight excluding hydrogens is 274 g/mol. The second-order valence-electron chi connectivity index (χ2n) is 3.84. The summed E-state index contributed by atoms with van der Waals surface area (Å²) in [6.07, 6.45) is 1.87. The van der Waals surface area contributed by atoms with Crippen molar-refractivity contribution in [1.82, 2.24) is 4.98 Å². The highest BCUT2D eigenvalue weighted by molar-refractivity contribution is 7.85. The third kappa shape index (κ3) is 3.34. The van der Waals surface area contributed by atoms with E-state index in [1.807, 2.05) is 0 Å². The summed E-state index contributed by atoms with van der Waals surface area (Å²) in [6.45, 7) is 0. The van der Waals surface area contributed by atoms with E-state index in [1.165, 1.54) is 11.3 Å². The quantitative estimate of drug-likeness (QED) is 0.669. The van der Waals surface area contributed by atoms with E-state index in [-0.39, 0.29) is 0 Å². The summed E-state index contributed by atoms with van der Waals surface area (Å²) in [6, 6.07) is 5.04. The Kier molecular flexibility index (Phi) is 3.74. The van der Waals surface area contributed by atoms with E-state index in [4.69, 9.17) is 4.55 Å². The van der Waals surface area contributed by atoms with Crippen LogP contribution in [0.25, 0.3) is 10.2 Å². The monoisotopic (exact) mass is 285 g/mol. The Hall–Kier alpha value is -1.31. The molecule has 0 fully saturated rings. The maximum absolute atomic E-state index is 10.8. The van der Waals surface area contributed by atoms with Crippen molar-refractivity contribution in [2.24, 2.45) is 0 Å². The van der Waals surface area contributed by atoms with Crippen LogP contribution in [-0.2, 0) is 27.1 Å². The van der Waals surface area contributed by atoms with Crippen molar-refractivity contribution in [1.29, 1.82) is 0 Å². The first kappa shape index (κ1) is 13.1. The van der Waals surface area contributed by atoms with Crippen LogP contribution in [0.5, 0.6) is 0 Å². The van der Waals surface area contributed by atoms with Gasteiger partial charge in [-0.2, -0.15) is 8.42 Å². The van der Waals surface area contributed by atoms with Crippen LogP contribution in [-0.4, -0.2) is 24.2 Å². The van der Waals surface area contributed by atoms with Crippen molar-refractivity contribution in [3.8, 4) is 0 Å². The maximum atomic E-state index is 10.8. The minimum atomic E-state index is -4.02. The zero-order chi connectivity index (χ0) is 13.2. The molecule has 1 aromatic heterocycles. The molecule has 7 heteroatoms. The molecule has 0 bridgehead atoms. The van der Waals surface area contributed by atoms with Gasteiger partial charge in [0.2, 0.25) is 0 Å². The van der Waals surface area contributed by atoms with Gasteiger partial charge < -0.3 is 4.79 Å². The van der Waals surface area contributed by atoms with Crippen LogP contribution in [0.15, 0.2) is 18.2 Å². The number of carbonyl (C=O) groups is 1. The van der Waals surface area contributed by atoms with E-state index < -0.39 is 15.9 Å². The molecule has 0 amide bonds. The van der Waals surface area contributed by atoms with E-state index in [2.05, 4.69) is 4.98 Å². The number of fused-ring (bicyclic) bond motifs is 1. The SMILES string of the molecule is O=CCCc1nc2ccc(CS(=O)(=O)O)cc2s1. The van der Waals surface area contributed by atoms with Crippen LogP contribution in [0.1, 0.15) is 17.0 Å². The third-order valence-corrected chi connectivity index (χ3v) is 4.10. The average molecular weight is 285 g/mol. The molecule has 0 aliphatic heterocycles. The zero-order valence-corrected chi connectivity index (χ0v) is 11.0. The summed E-state index contributed by atoms with van der Waals surface area (Å²) in [7, 11) is -4.02. The molecule has 2 rings (SSSR count). The van der Waals surface area contributed by atoms with E-state index in [0.29, 0.717) is 18.4 Å². The van der Waals surface area contributed by atoms with Gasteiger partial charge in [0.25, 0.3) is 10.1 Å². The van der Waals surface area contributed by atoms with Gasteiger partial charge in [0.15, 0.2) is 0 Å². The van der Waals surface area contributed by atoms with Gasteiger partial charge >= 0.3 is 0 Å². The lowest BCUT2D eigenvalue weighted by Crippen LogP contribution is -2.00. The fourth-order valence-electron chi connectivity index (χ4n) is 1.61. The fraction of sp³-hybridized carbons (Fsp3) is 0.273. The Bertz CT molecular complexity index is 675. The number of nitrogens with zero attached hydrogens (tertiary/aromatic N) is 1. The first-order valence-electron chi connectivity index (χ1n) is 5.25. The first-order chi connectivity index (χ1) is 8.48. The Labute approximate surface area is 108 Å². The van der Waals surface area contributed by atoms with Gasteiger partial charge in [-0.3, -0.25) is 4.55 Å². The molecule has 0 aliphatic carbocycles. The maximum Gasteiger partial charge on any atom is 0.269 e. The van der Waals surface area contributed by atoms with Crippen LogP contribution in [0.2, 0.25) is 0 Å². The third-order valence-electron chi connectivity index (χ3n) is 2.32. The van der Waals surface area contributed by atoms with Gasteiger partial charge in [-0.05, 0) is 17.7 Å². The minimum Gasteiger partial charge on any atom is -0.303 e. The number of hydrogen-bond donors (Lipinski definition) is 1. The molecule has 0 aliphatic rings.